The van der Waals surface area contributed by atoms with Gasteiger partial charge in [-0.1, -0.05) is 50.6 Å². The normalized spacial score (nSPS) is 12.6. The van der Waals surface area contributed by atoms with Crippen LogP contribution in [-0.4, -0.2) is 35.6 Å². The number of unbranched alkanes of at least 4 members (excludes halogenated alkanes) is 2. The van der Waals surface area contributed by atoms with Gasteiger partial charge in [-0.3, -0.25) is 0 Å². The lowest BCUT2D eigenvalue weighted by Crippen LogP contribution is -2.20. The molecule has 5 nitrogen and oxygen atoms in total. The minimum Gasteiger partial charge on any atom is -0.494 e. The smallest absolute Gasteiger partial charge is 0.338 e. The molecule has 0 heterocycles. The molecule has 0 spiro atoms. The predicted molar refractivity (Wildman–Crippen MR) is 145 cm³/mol. The number of esters is 1. The van der Waals surface area contributed by atoms with E-state index in [0.29, 0.717) is 23.3 Å². The first kappa shape index (κ1) is 27.3. The summed E-state index contributed by atoms with van der Waals surface area (Å²) >= 11 is 6.28. The van der Waals surface area contributed by atoms with Crippen LogP contribution in [0.4, 0.5) is 0 Å². The first-order chi connectivity index (χ1) is 17.3. The Balaban J connectivity index is 1.83. The van der Waals surface area contributed by atoms with Crippen molar-refractivity contribution in [2.45, 2.75) is 44.9 Å². The van der Waals surface area contributed by atoms with Gasteiger partial charge >= 0.3 is 11.9 Å². The summed E-state index contributed by atoms with van der Waals surface area (Å²) in [5.41, 5.74) is 1.86. The molecule has 36 heavy (non-hydrogen) atoms. The quantitative estimate of drug-likeness (QED) is 0.110. The highest BCUT2D eigenvalue weighted by Gasteiger charge is 2.18. The van der Waals surface area contributed by atoms with Gasteiger partial charge in [0.25, 0.3) is 0 Å². The van der Waals surface area contributed by atoms with Crippen molar-refractivity contribution in [3.8, 4) is 16.9 Å². The van der Waals surface area contributed by atoms with Crippen molar-refractivity contribution in [3.63, 3.8) is 0 Å². The molecule has 2 atom stereocenters. The molecule has 0 fully saturated rings. The van der Waals surface area contributed by atoms with Crippen molar-refractivity contribution >= 4 is 34.3 Å². The minimum absolute atomic E-state index is 0.141. The standard InChI is InChI=1S/C30H33ClO5/c1-4-6-7-8-17-35-24-14-16-25-23(18-24)13-15-26(29(32)33)28(25)21-9-11-22(12-10-21)30(34)36-19-27(31)20(3)5-2/h4,9-16,18,20,27H,1,5-8,17,19H2,2-3H3,(H,32,33). The van der Waals surface area contributed by atoms with Gasteiger partial charge in [-0.05, 0) is 71.8 Å². The van der Waals surface area contributed by atoms with Crippen molar-refractivity contribution in [3.05, 3.63) is 78.4 Å². The summed E-state index contributed by atoms with van der Waals surface area (Å²) < 4.78 is 11.3. The fraction of sp³-hybridized carbons (Fsp3) is 0.333. The zero-order valence-electron chi connectivity index (χ0n) is 20.8. The van der Waals surface area contributed by atoms with Gasteiger partial charge in [-0.25, -0.2) is 9.59 Å². The number of carboxylic acids is 1. The summed E-state index contributed by atoms with van der Waals surface area (Å²) in [5.74, 6) is -0.494. The van der Waals surface area contributed by atoms with Gasteiger partial charge in [0.15, 0.2) is 0 Å². The van der Waals surface area contributed by atoms with Crippen LogP contribution in [0.15, 0.2) is 67.3 Å². The van der Waals surface area contributed by atoms with E-state index in [1.54, 1.807) is 36.4 Å². The SMILES string of the molecule is C=CCCCCOc1ccc2c(-c3ccc(C(=O)OCC(Cl)C(C)CC)cc3)c(C(=O)O)ccc2c1. The van der Waals surface area contributed by atoms with E-state index in [-0.39, 0.29) is 23.5 Å². The van der Waals surface area contributed by atoms with Gasteiger partial charge < -0.3 is 14.6 Å². The van der Waals surface area contributed by atoms with Gasteiger partial charge in [0.2, 0.25) is 0 Å². The number of carbonyl (C=O) groups excluding carboxylic acids is 1. The molecule has 0 aliphatic heterocycles. The maximum Gasteiger partial charge on any atom is 0.338 e. The molecule has 0 aliphatic rings. The van der Waals surface area contributed by atoms with Crippen LogP contribution in [-0.2, 0) is 4.74 Å². The number of rotatable bonds is 13. The summed E-state index contributed by atoms with van der Waals surface area (Å²) in [6.07, 6.45) is 5.73. The van der Waals surface area contributed by atoms with Crippen LogP contribution in [0.3, 0.4) is 0 Å². The molecule has 1 N–H and O–H groups in total. The Morgan fingerprint density at radius 2 is 1.83 bits per heavy atom. The Morgan fingerprint density at radius 1 is 1.08 bits per heavy atom. The molecule has 3 aromatic carbocycles. The van der Waals surface area contributed by atoms with Crippen LogP contribution in [0.5, 0.6) is 5.75 Å². The maximum absolute atomic E-state index is 12.5. The zero-order valence-corrected chi connectivity index (χ0v) is 21.6. The zero-order chi connectivity index (χ0) is 26.1. The summed E-state index contributed by atoms with van der Waals surface area (Å²) in [6.45, 7) is 8.54. The van der Waals surface area contributed by atoms with Crippen LogP contribution in [0.1, 0.15) is 60.2 Å². The molecule has 3 aromatic rings. The van der Waals surface area contributed by atoms with E-state index in [1.165, 1.54) is 0 Å². The number of carbonyl (C=O) groups is 2. The molecule has 0 saturated carbocycles. The first-order valence-electron chi connectivity index (χ1n) is 12.3. The largest absolute Gasteiger partial charge is 0.494 e. The average Bonchev–Trinajstić information content (AvgIpc) is 2.90. The van der Waals surface area contributed by atoms with E-state index in [0.717, 1.165) is 42.2 Å². The topological polar surface area (TPSA) is 72.8 Å². The average molecular weight is 509 g/mol. The van der Waals surface area contributed by atoms with E-state index >= 15 is 0 Å². The van der Waals surface area contributed by atoms with Crippen LogP contribution in [0.2, 0.25) is 0 Å². The minimum atomic E-state index is -1.02. The molecule has 0 saturated heterocycles. The van der Waals surface area contributed by atoms with Gasteiger partial charge in [0.05, 0.1) is 23.1 Å². The summed E-state index contributed by atoms with van der Waals surface area (Å²) in [4.78, 5) is 24.5. The van der Waals surface area contributed by atoms with E-state index in [1.807, 2.05) is 38.1 Å². The number of halogens is 1. The van der Waals surface area contributed by atoms with Crippen molar-refractivity contribution in [1.29, 1.82) is 0 Å². The molecule has 6 heteroatoms. The monoisotopic (exact) mass is 508 g/mol. The summed E-state index contributed by atoms with van der Waals surface area (Å²) in [7, 11) is 0. The van der Waals surface area contributed by atoms with Crippen molar-refractivity contribution in [2.75, 3.05) is 13.2 Å². The summed E-state index contributed by atoms with van der Waals surface area (Å²) in [6, 6.07) is 15.8. The molecule has 2 unspecified atom stereocenters. The second kappa shape index (κ2) is 13.1. The number of carboxylic acid groups (broad SMARTS) is 1. The highest BCUT2D eigenvalue weighted by atomic mass is 35.5. The molecule has 0 aliphatic carbocycles. The van der Waals surface area contributed by atoms with E-state index in [9.17, 15) is 14.7 Å². The Kier molecular flexibility index (Phi) is 9.95. The molecule has 0 bridgehead atoms. The van der Waals surface area contributed by atoms with Crippen LogP contribution in [0, 0.1) is 5.92 Å². The van der Waals surface area contributed by atoms with Gasteiger partial charge in [0.1, 0.15) is 12.4 Å². The molecule has 3 rings (SSSR count). The van der Waals surface area contributed by atoms with Crippen LogP contribution >= 0.6 is 11.6 Å². The number of ether oxygens (including phenoxy) is 2. The lowest BCUT2D eigenvalue weighted by molar-refractivity contribution is 0.0489. The lowest BCUT2D eigenvalue weighted by Gasteiger charge is -2.16. The van der Waals surface area contributed by atoms with Gasteiger partial charge in [-0.15, -0.1) is 18.2 Å². The molecular weight excluding hydrogens is 476 g/mol. The highest BCUT2D eigenvalue weighted by molar-refractivity contribution is 6.21. The molecule has 0 aromatic heterocycles. The van der Waals surface area contributed by atoms with Crippen molar-refractivity contribution in [2.24, 2.45) is 5.92 Å². The second-order valence-corrected chi connectivity index (χ2v) is 9.45. The predicted octanol–water partition coefficient (Wildman–Crippen LogP) is 7.75. The number of hydrogen-bond donors (Lipinski definition) is 1. The van der Waals surface area contributed by atoms with E-state index < -0.39 is 11.9 Å². The fourth-order valence-corrected chi connectivity index (χ4v) is 4.14. The number of allylic oxidation sites excluding steroid dienone is 1. The number of alkyl halides is 1. The number of fused-ring (bicyclic) bond motifs is 1. The molecule has 0 amide bonds. The van der Waals surface area contributed by atoms with E-state index in [4.69, 9.17) is 21.1 Å². The third-order valence-electron chi connectivity index (χ3n) is 6.34. The fourth-order valence-electron chi connectivity index (χ4n) is 3.90. The van der Waals surface area contributed by atoms with Gasteiger partial charge in [0, 0.05) is 5.56 Å². The second-order valence-electron chi connectivity index (χ2n) is 8.89. The summed E-state index contributed by atoms with van der Waals surface area (Å²) in [5, 5.41) is 11.3. The molecule has 0 radical (unpaired) electrons. The Bertz CT molecular complexity index is 1200. The molecule has 190 valence electrons. The van der Waals surface area contributed by atoms with Crippen LogP contribution in [0.25, 0.3) is 21.9 Å². The third kappa shape index (κ3) is 6.88. The van der Waals surface area contributed by atoms with Crippen molar-refractivity contribution < 1.29 is 24.2 Å². The van der Waals surface area contributed by atoms with Crippen LogP contribution < -0.4 is 4.74 Å². The van der Waals surface area contributed by atoms with E-state index in [2.05, 4.69) is 6.58 Å². The Labute approximate surface area is 217 Å². The molecular formula is C30H33ClO5. The first-order valence-corrected chi connectivity index (χ1v) is 12.7. The number of aromatic carboxylic acids is 1. The van der Waals surface area contributed by atoms with Crippen molar-refractivity contribution in [1.82, 2.24) is 0 Å². The number of hydrogen-bond acceptors (Lipinski definition) is 4. The lowest BCUT2D eigenvalue weighted by atomic mass is 9.92. The maximum atomic E-state index is 12.5. The highest BCUT2D eigenvalue weighted by Crippen LogP contribution is 2.34. The number of benzene rings is 3. The third-order valence-corrected chi connectivity index (χ3v) is 6.89. The van der Waals surface area contributed by atoms with Gasteiger partial charge in [-0.2, -0.15) is 0 Å². The Morgan fingerprint density at radius 3 is 2.50 bits per heavy atom. The Hall–Kier alpha value is -3.31.